The van der Waals surface area contributed by atoms with Crippen molar-refractivity contribution in [3.63, 3.8) is 0 Å². The summed E-state index contributed by atoms with van der Waals surface area (Å²) in [5.74, 6) is 1.12. The third-order valence-corrected chi connectivity index (χ3v) is 3.93. The van der Waals surface area contributed by atoms with Gasteiger partial charge in [0.05, 0.1) is 0 Å². The lowest BCUT2D eigenvalue weighted by molar-refractivity contribution is 0.675. The maximum atomic E-state index is 3.61. The summed E-state index contributed by atoms with van der Waals surface area (Å²) in [5.41, 5.74) is 1.34. The fourth-order valence-electron chi connectivity index (χ4n) is 1.34. The molecule has 1 rings (SSSR count). The van der Waals surface area contributed by atoms with E-state index in [9.17, 15) is 0 Å². The molecule has 0 atom stereocenters. The summed E-state index contributed by atoms with van der Waals surface area (Å²) in [5, 5.41) is 3.40. The second-order valence-electron chi connectivity index (χ2n) is 3.37. The Morgan fingerprint density at radius 1 is 1.33 bits per heavy atom. The third kappa shape index (κ3) is 4.58. The van der Waals surface area contributed by atoms with Crippen molar-refractivity contribution in [1.29, 1.82) is 0 Å². The average molecular weight is 288 g/mol. The van der Waals surface area contributed by atoms with Gasteiger partial charge in [-0.3, -0.25) is 0 Å². The summed E-state index contributed by atoms with van der Waals surface area (Å²) in [6.45, 7) is 6.41. The summed E-state index contributed by atoms with van der Waals surface area (Å²) in [7, 11) is 0. The van der Waals surface area contributed by atoms with Crippen LogP contribution in [0.4, 0.5) is 0 Å². The first kappa shape index (κ1) is 13.1. The van der Waals surface area contributed by atoms with E-state index in [4.69, 9.17) is 0 Å². The molecule has 0 bridgehead atoms. The van der Waals surface area contributed by atoms with Gasteiger partial charge >= 0.3 is 0 Å². The molecule has 15 heavy (non-hydrogen) atoms. The van der Waals surface area contributed by atoms with Crippen LogP contribution in [-0.2, 0) is 6.54 Å². The van der Waals surface area contributed by atoms with Gasteiger partial charge in [0.25, 0.3) is 0 Å². The first-order valence-electron chi connectivity index (χ1n) is 5.39. The Labute approximate surface area is 105 Å². The van der Waals surface area contributed by atoms with Gasteiger partial charge in [0.1, 0.15) is 0 Å². The van der Waals surface area contributed by atoms with E-state index in [1.54, 1.807) is 0 Å². The maximum Gasteiger partial charge on any atom is 0.0314 e. The van der Waals surface area contributed by atoms with Crippen LogP contribution in [0.3, 0.4) is 0 Å². The van der Waals surface area contributed by atoms with Gasteiger partial charge in [-0.1, -0.05) is 19.9 Å². The molecule has 1 aromatic carbocycles. The van der Waals surface area contributed by atoms with Crippen molar-refractivity contribution in [1.82, 2.24) is 5.32 Å². The summed E-state index contributed by atoms with van der Waals surface area (Å²) >= 11 is 5.48. The minimum absolute atomic E-state index is 0.962. The zero-order valence-electron chi connectivity index (χ0n) is 9.35. The van der Waals surface area contributed by atoms with Gasteiger partial charge in [-0.05, 0) is 52.3 Å². The molecule has 3 heteroatoms. The van der Waals surface area contributed by atoms with Gasteiger partial charge in [0.2, 0.25) is 0 Å². The Hall–Kier alpha value is 0.01000. The molecule has 0 heterocycles. The first-order valence-corrected chi connectivity index (χ1v) is 7.17. The molecule has 0 aliphatic carbocycles. The molecule has 0 aromatic heterocycles. The van der Waals surface area contributed by atoms with E-state index in [0.29, 0.717) is 0 Å². The highest BCUT2D eigenvalue weighted by Gasteiger charge is 2.00. The molecule has 1 nitrogen and oxygen atoms in total. The molecule has 0 unspecified atom stereocenters. The maximum absolute atomic E-state index is 3.61. The molecule has 0 aliphatic rings. The predicted octanol–water partition coefficient (Wildman–Crippen LogP) is 4.06. The molecule has 0 saturated carbocycles. The van der Waals surface area contributed by atoms with E-state index in [2.05, 4.69) is 53.3 Å². The lowest BCUT2D eigenvalue weighted by Crippen LogP contribution is -2.13. The smallest absolute Gasteiger partial charge is 0.0314 e. The molecule has 1 N–H and O–H groups in total. The van der Waals surface area contributed by atoms with Gasteiger partial charge in [0, 0.05) is 15.9 Å². The van der Waals surface area contributed by atoms with Crippen molar-refractivity contribution in [3.8, 4) is 0 Å². The van der Waals surface area contributed by atoms with Crippen molar-refractivity contribution in [3.05, 3.63) is 28.2 Å². The van der Waals surface area contributed by atoms with Crippen molar-refractivity contribution in [2.45, 2.75) is 31.7 Å². The molecule has 1 aromatic rings. The normalized spacial score (nSPS) is 10.6. The summed E-state index contributed by atoms with van der Waals surface area (Å²) in [6, 6.07) is 6.60. The Kier molecular flexibility index (Phi) is 6.37. The molecule has 0 fully saturated rings. The summed E-state index contributed by atoms with van der Waals surface area (Å²) in [4.78, 5) is 1.33. The van der Waals surface area contributed by atoms with Crippen LogP contribution in [0.1, 0.15) is 25.8 Å². The highest BCUT2D eigenvalue weighted by Crippen LogP contribution is 2.28. The molecule has 0 spiro atoms. The van der Waals surface area contributed by atoms with Crippen molar-refractivity contribution < 1.29 is 0 Å². The van der Waals surface area contributed by atoms with E-state index in [0.717, 1.165) is 18.8 Å². The standard InChI is InChI=1S/C12H18BrNS/c1-3-7-14-9-10-5-6-12(15-4-2)11(13)8-10/h5-6,8,14H,3-4,7,9H2,1-2H3. The van der Waals surface area contributed by atoms with Crippen LogP contribution in [0.15, 0.2) is 27.6 Å². The van der Waals surface area contributed by atoms with Crippen LogP contribution < -0.4 is 5.32 Å². The number of halogens is 1. The molecule has 0 radical (unpaired) electrons. The predicted molar refractivity (Wildman–Crippen MR) is 72.5 cm³/mol. The van der Waals surface area contributed by atoms with E-state index >= 15 is 0 Å². The minimum Gasteiger partial charge on any atom is -0.313 e. The highest BCUT2D eigenvalue weighted by molar-refractivity contribution is 9.10. The summed E-state index contributed by atoms with van der Waals surface area (Å²) in [6.07, 6.45) is 1.19. The third-order valence-electron chi connectivity index (χ3n) is 2.05. The Morgan fingerprint density at radius 3 is 2.73 bits per heavy atom. The Morgan fingerprint density at radius 2 is 2.13 bits per heavy atom. The van der Waals surface area contributed by atoms with Crippen LogP contribution >= 0.6 is 27.7 Å². The fourth-order valence-corrected chi connectivity index (χ4v) is 2.78. The van der Waals surface area contributed by atoms with Crippen LogP contribution in [0.5, 0.6) is 0 Å². The van der Waals surface area contributed by atoms with E-state index in [1.165, 1.54) is 21.4 Å². The van der Waals surface area contributed by atoms with E-state index in [1.807, 2.05) is 11.8 Å². The minimum atomic E-state index is 0.962. The number of benzene rings is 1. The van der Waals surface area contributed by atoms with Gasteiger partial charge in [-0.25, -0.2) is 0 Å². The van der Waals surface area contributed by atoms with Gasteiger partial charge < -0.3 is 5.32 Å². The van der Waals surface area contributed by atoms with Crippen molar-refractivity contribution in [2.75, 3.05) is 12.3 Å². The topological polar surface area (TPSA) is 12.0 Å². The Balaban J connectivity index is 2.56. The van der Waals surface area contributed by atoms with Gasteiger partial charge in [-0.2, -0.15) is 0 Å². The van der Waals surface area contributed by atoms with Crippen LogP contribution in [0.25, 0.3) is 0 Å². The number of hydrogen-bond donors (Lipinski definition) is 1. The second kappa shape index (κ2) is 7.31. The molecule has 0 amide bonds. The van der Waals surface area contributed by atoms with Crippen molar-refractivity contribution >= 4 is 27.7 Å². The quantitative estimate of drug-likeness (QED) is 0.626. The number of rotatable bonds is 6. The molecule has 0 saturated heterocycles. The Bertz CT molecular complexity index is 302. The van der Waals surface area contributed by atoms with Gasteiger partial charge in [-0.15, -0.1) is 11.8 Å². The molecule has 84 valence electrons. The SMILES string of the molecule is CCCNCc1ccc(SCC)c(Br)c1. The first-order chi connectivity index (χ1) is 7.27. The lowest BCUT2D eigenvalue weighted by atomic mass is 10.2. The summed E-state index contributed by atoms with van der Waals surface area (Å²) < 4.78 is 1.21. The zero-order valence-corrected chi connectivity index (χ0v) is 11.7. The van der Waals surface area contributed by atoms with Crippen LogP contribution in [0, 0.1) is 0 Å². The second-order valence-corrected chi connectivity index (χ2v) is 5.53. The molecule has 0 aliphatic heterocycles. The van der Waals surface area contributed by atoms with Crippen LogP contribution in [-0.4, -0.2) is 12.3 Å². The van der Waals surface area contributed by atoms with Crippen LogP contribution in [0.2, 0.25) is 0 Å². The number of hydrogen-bond acceptors (Lipinski definition) is 2. The largest absolute Gasteiger partial charge is 0.313 e. The zero-order chi connectivity index (χ0) is 11.1. The fraction of sp³-hybridized carbons (Fsp3) is 0.500. The average Bonchev–Trinajstić information content (AvgIpc) is 2.23. The lowest BCUT2D eigenvalue weighted by Gasteiger charge is -2.07. The molecular weight excluding hydrogens is 270 g/mol. The monoisotopic (exact) mass is 287 g/mol. The number of nitrogens with one attached hydrogen (secondary N) is 1. The van der Waals surface area contributed by atoms with Gasteiger partial charge in [0.15, 0.2) is 0 Å². The number of thioether (sulfide) groups is 1. The van der Waals surface area contributed by atoms with E-state index in [-0.39, 0.29) is 0 Å². The van der Waals surface area contributed by atoms with Crippen molar-refractivity contribution in [2.24, 2.45) is 0 Å². The molecular formula is C12H18BrNS. The highest BCUT2D eigenvalue weighted by atomic mass is 79.9. The van der Waals surface area contributed by atoms with E-state index < -0.39 is 0 Å².